The van der Waals surface area contributed by atoms with Crippen molar-refractivity contribution < 1.29 is 14.4 Å². The Balaban J connectivity index is 1.90. The van der Waals surface area contributed by atoms with Gasteiger partial charge in [0.25, 0.3) is 0 Å². The van der Waals surface area contributed by atoms with Gasteiger partial charge in [-0.1, -0.05) is 5.16 Å². The fraction of sp³-hybridized carbons (Fsp3) is 0.692. The molecule has 0 bridgehead atoms. The predicted molar refractivity (Wildman–Crippen MR) is 69.4 cm³/mol. The molecule has 19 heavy (non-hydrogen) atoms. The zero-order valence-electron chi connectivity index (χ0n) is 11.4. The number of rotatable bonds is 3. The van der Waals surface area contributed by atoms with E-state index >= 15 is 0 Å². The molecular formula is C13H21N3O3. The fourth-order valence-corrected chi connectivity index (χ4v) is 2.45. The van der Waals surface area contributed by atoms with Gasteiger partial charge in [0.1, 0.15) is 5.76 Å². The van der Waals surface area contributed by atoms with Gasteiger partial charge in [-0.3, -0.25) is 9.69 Å². The Morgan fingerprint density at radius 2 is 2.32 bits per heavy atom. The molecule has 1 fully saturated rings. The van der Waals surface area contributed by atoms with E-state index in [1.807, 2.05) is 13.0 Å². The topological polar surface area (TPSA) is 78.6 Å². The highest BCUT2D eigenvalue weighted by atomic mass is 16.5. The van der Waals surface area contributed by atoms with Crippen LogP contribution in [0.15, 0.2) is 10.6 Å². The normalized spacial score (nSPS) is 25.0. The fourth-order valence-electron chi connectivity index (χ4n) is 2.45. The molecule has 0 saturated carbocycles. The van der Waals surface area contributed by atoms with Crippen molar-refractivity contribution in [3.05, 3.63) is 17.5 Å². The Kier molecular flexibility index (Phi) is 4.55. The summed E-state index contributed by atoms with van der Waals surface area (Å²) < 4.78 is 5.05. The lowest BCUT2D eigenvalue weighted by Gasteiger charge is -2.20. The Labute approximate surface area is 112 Å². The van der Waals surface area contributed by atoms with Gasteiger partial charge in [-0.2, -0.15) is 0 Å². The molecule has 2 atom stereocenters. The first-order chi connectivity index (χ1) is 9.04. The number of nitrogens with zero attached hydrogens (tertiary/aromatic N) is 2. The molecule has 1 saturated heterocycles. The van der Waals surface area contributed by atoms with Crippen molar-refractivity contribution >= 4 is 5.91 Å². The molecule has 0 spiro atoms. The van der Waals surface area contributed by atoms with Gasteiger partial charge in [0, 0.05) is 32.6 Å². The lowest BCUT2D eigenvalue weighted by molar-refractivity contribution is -0.120. The first kappa shape index (κ1) is 14.0. The quantitative estimate of drug-likeness (QED) is 0.831. The van der Waals surface area contributed by atoms with Crippen LogP contribution in [0.5, 0.6) is 0 Å². The number of hydrogen-bond acceptors (Lipinski definition) is 5. The van der Waals surface area contributed by atoms with Crippen LogP contribution in [-0.4, -0.2) is 46.3 Å². The van der Waals surface area contributed by atoms with Crippen LogP contribution in [-0.2, 0) is 11.3 Å². The molecule has 1 aliphatic rings. The molecule has 6 heteroatoms. The predicted octanol–water partition coefficient (Wildman–Crippen LogP) is 0.444. The molecule has 0 aromatic carbocycles. The first-order valence-corrected chi connectivity index (χ1v) is 6.64. The molecular weight excluding hydrogens is 246 g/mol. The number of amides is 1. The van der Waals surface area contributed by atoms with Gasteiger partial charge in [-0.25, -0.2) is 0 Å². The van der Waals surface area contributed by atoms with E-state index in [-0.39, 0.29) is 11.9 Å². The van der Waals surface area contributed by atoms with Gasteiger partial charge in [-0.15, -0.1) is 0 Å². The highest BCUT2D eigenvalue weighted by Crippen LogP contribution is 2.14. The molecule has 2 N–H and O–H groups in total. The van der Waals surface area contributed by atoms with Crippen molar-refractivity contribution in [1.82, 2.24) is 15.4 Å². The number of aromatic nitrogens is 1. The molecule has 2 rings (SSSR count). The zero-order chi connectivity index (χ0) is 13.8. The van der Waals surface area contributed by atoms with Crippen LogP contribution in [0.25, 0.3) is 0 Å². The Bertz CT molecular complexity index is 433. The van der Waals surface area contributed by atoms with Crippen LogP contribution in [0.4, 0.5) is 0 Å². The van der Waals surface area contributed by atoms with Crippen LogP contribution < -0.4 is 5.32 Å². The molecule has 0 aliphatic carbocycles. The van der Waals surface area contributed by atoms with Crippen molar-refractivity contribution in [2.45, 2.75) is 45.4 Å². The maximum absolute atomic E-state index is 11.1. The van der Waals surface area contributed by atoms with Crippen LogP contribution in [0.1, 0.15) is 31.2 Å². The zero-order valence-corrected chi connectivity index (χ0v) is 11.4. The molecule has 1 aromatic rings. The summed E-state index contributed by atoms with van der Waals surface area (Å²) in [5, 5.41) is 16.8. The second-order valence-electron chi connectivity index (χ2n) is 5.16. The number of aliphatic hydroxyl groups is 1. The second kappa shape index (κ2) is 6.16. The molecule has 0 unspecified atom stereocenters. The Morgan fingerprint density at radius 3 is 2.95 bits per heavy atom. The van der Waals surface area contributed by atoms with Crippen LogP contribution >= 0.6 is 0 Å². The first-order valence-electron chi connectivity index (χ1n) is 6.64. The van der Waals surface area contributed by atoms with Crippen molar-refractivity contribution in [2.75, 3.05) is 13.1 Å². The maximum atomic E-state index is 11.1. The monoisotopic (exact) mass is 267 g/mol. The number of carbonyl (C=O) groups is 1. The molecule has 1 aromatic heterocycles. The van der Waals surface area contributed by atoms with E-state index in [4.69, 9.17) is 4.52 Å². The third-order valence-electron chi connectivity index (χ3n) is 3.41. The highest BCUT2D eigenvalue weighted by Gasteiger charge is 2.25. The largest absolute Gasteiger partial charge is 0.391 e. The molecule has 0 radical (unpaired) electrons. The number of carbonyl (C=O) groups excluding carboxylic acids is 1. The van der Waals surface area contributed by atoms with Gasteiger partial charge in [0.05, 0.1) is 17.8 Å². The minimum atomic E-state index is -0.479. The van der Waals surface area contributed by atoms with Gasteiger partial charge in [0.2, 0.25) is 5.91 Å². The summed E-state index contributed by atoms with van der Waals surface area (Å²) in [4.78, 5) is 13.3. The van der Waals surface area contributed by atoms with Crippen LogP contribution in [0, 0.1) is 6.92 Å². The van der Waals surface area contributed by atoms with Gasteiger partial charge >= 0.3 is 0 Å². The number of hydrogen-bond donors (Lipinski definition) is 2. The molecule has 6 nitrogen and oxygen atoms in total. The van der Waals surface area contributed by atoms with Crippen molar-refractivity contribution in [3.8, 4) is 0 Å². The average molecular weight is 267 g/mol. The number of nitrogens with one attached hydrogen (secondary N) is 1. The van der Waals surface area contributed by atoms with E-state index in [1.54, 1.807) is 0 Å². The summed E-state index contributed by atoms with van der Waals surface area (Å²) in [7, 11) is 0. The smallest absolute Gasteiger partial charge is 0.217 e. The van der Waals surface area contributed by atoms with Gasteiger partial charge in [-0.05, 0) is 19.8 Å². The molecule has 106 valence electrons. The highest BCUT2D eigenvalue weighted by molar-refractivity contribution is 5.73. The van der Waals surface area contributed by atoms with E-state index in [0.717, 1.165) is 37.5 Å². The third-order valence-corrected chi connectivity index (χ3v) is 3.41. The minimum absolute atomic E-state index is 0.0929. The lowest BCUT2D eigenvalue weighted by atomic mass is 10.1. The summed E-state index contributed by atoms with van der Waals surface area (Å²) in [6.45, 7) is 5.69. The summed E-state index contributed by atoms with van der Waals surface area (Å²) >= 11 is 0. The average Bonchev–Trinajstić information content (AvgIpc) is 2.67. The minimum Gasteiger partial charge on any atom is -0.391 e. The molecule has 1 aliphatic heterocycles. The van der Waals surface area contributed by atoms with E-state index in [0.29, 0.717) is 6.42 Å². The molecule has 1 amide bonds. The van der Waals surface area contributed by atoms with Gasteiger partial charge in [0.15, 0.2) is 0 Å². The number of likely N-dealkylation sites (tertiary alicyclic amines) is 1. The molecule has 2 heterocycles. The Morgan fingerprint density at radius 1 is 1.58 bits per heavy atom. The number of aliphatic hydroxyl groups excluding tert-OH is 1. The summed E-state index contributed by atoms with van der Waals surface area (Å²) in [6, 6.07) is 1.77. The maximum Gasteiger partial charge on any atom is 0.217 e. The second-order valence-corrected chi connectivity index (χ2v) is 5.16. The van der Waals surface area contributed by atoms with E-state index in [2.05, 4.69) is 15.4 Å². The summed E-state index contributed by atoms with van der Waals surface area (Å²) in [5.74, 6) is 0.714. The van der Waals surface area contributed by atoms with Gasteiger partial charge < -0.3 is 14.9 Å². The van der Waals surface area contributed by atoms with Crippen molar-refractivity contribution in [2.24, 2.45) is 0 Å². The van der Waals surface area contributed by atoms with E-state index < -0.39 is 6.10 Å². The SMILES string of the molecule is CC(=O)N[C@H]1CCN(Cc2cc(C)on2)CC[C@@H]1O. The standard InChI is InChI=1S/C13H21N3O3/c1-9-7-11(15-19-9)8-16-5-3-12(14-10(2)17)13(18)4-6-16/h7,12-13,18H,3-6,8H2,1-2H3,(H,14,17)/t12-,13-/m0/s1. The third kappa shape index (κ3) is 4.04. The Hall–Kier alpha value is -1.40. The summed E-state index contributed by atoms with van der Waals surface area (Å²) in [6.07, 6.45) is 0.923. The van der Waals surface area contributed by atoms with Crippen LogP contribution in [0.3, 0.4) is 0 Å². The summed E-state index contributed by atoms with van der Waals surface area (Å²) in [5.41, 5.74) is 0.907. The van der Waals surface area contributed by atoms with Crippen LogP contribution in [0.2, 0.25) is 0 Å². The van der Waals surface area contributed by atoms with Crippen molar-refractivity contribution in [1.29, 1.82) is 0 Å². The number of aryl methyl sites for hydroxylation is 1. The van der Waals surface area contributed by atoms with E-state index in [1.165, 1.54) is 6.92 Å². The lowest BCUT2D eigenvalue weighted by Crippen LogP contribution is -2.42. The van der Waals surface area contributed by atoms with E-state index in [9.17, 15) is 9.90 Å². The van der Waals surface area contributed by atoms with Crippen molar-refractivity contribution in [3.63, 3.8) is 0 Å².